The number of amides is 1. The number of allylic oxidation sites excluding steroid dienone is 1. The van der Waals surface area contributed by atoms with Crippen molar-refractivity contribution in [3.63, 3.8) is 0 Å². The zero-order chi connectivity index (χ0) is 11.5. The largest absolute Gasteiger partial charge is 0.277 e. The molecule has 1 N–H and O–H groups in total. The Kier molecular flexibility index (Phi) is 3.12. The normalized spacial score (nSPS) is 18.1. The molecule has 1 amide bonds. The zero-order valence-corrected chi connectivity index (χ0v) is 9.58. The number of carbonyl (C=O) groups is 1. The van der Waals surface area contributed by atoms with E-state index in [0.717, 1.165) is 16.0 Å². The van der Waals surface area contributed by atoms with Crippen LogP contribution in [0.3, 0.4) is 0 Å². The Morgan fingerprint density at radius 2 is 2.19 bits per heavy atom. The number of hydroxylamine groups is 1. The van der Waals surface area contributed by atoms with E-state index in [4.69, 9.17) is 12.2 Å². The van der Waals surface area contributed by atoms with Crippen LogP contribution in [-0.2, 0) is 9.63 Å². The topological polar surface area (TPSA) is 38.3 Å². The minimum absolute atomic E-state index is 0.186. The van der Waals surface area contributed by atoms with E-state index in [-0.39, 0.29) is 11.8 Å². The van der Waals surface area contributed by atoms with Gasteiger partial charge in [0.2, 0.25) is 0 Å². The molecule has 0 radical (unpaired) electrons. The number of benzene rings is 1. The molecule has 1 aliphatic carbocycles. The number of hydrogen-bond donors (Lipinski definition) is 1. The summed E-state index contributed by atoms with van der Waals surface area (Å²) >= 11 is 5.21. The van der Waals surface area contributed by atoms with Crippen LogP contribution in [0.5, 0.6) is 0 Å². The molecule has 1 aliphatic rings. The highest BCUT2D eigenvalue weighted by Gasteiger charge is 2.24. The summed E-state index contributed by atoms with van der Waals surface area (Å²) in [6.45, 7) is 0. The number of hydrogen-bond acceptors (Lipinski definition) is 3. The second kappa shape index (κ2) is 4.55. The van der Waals surface area contributed by atoms with Gasteiger partial charge in [-0.1, -0.05) is 42.6 Å². The number of rotatable bonds is 2. The van der Waals surface area contributed by atoms with E-state index < -0.39 is 0 Å². The Labute approximate surface area is 99.1 Å². The van der Waals surface area contributed by atoms with E-state index in [9.17, 15) is 4.79 Å². The lowest BCUT2D eigenvalue weighted by atomic mass is 9.87. The number of carbonyl (C=O) groups excluding carboxylic acids is 1. The fourth-order valence-electron chi connectivity index (χ4n) is 1.76. The molecule has 82 valence electrons. The van der Waals surface area contributed by atoms with Crippen LogP contribution >= 0.6 is 12.2 Å². The van der Waals surface area contributed by atoms with Gasteiger partial charge in [-0.15, -0.1) is 0 Å². The predicted octanol–water partition coefficient (Wildman–Crippen LogP) is 1.74. The summed E-state index contributed by atoms with van der Waals surface area (Å²) in [5.41, 5.74) is 4.20. The Morgan fingerprint density at radius 3 is 2.94 bits per heavy atom. The number of nitrogens with one attached hydrogen (secondary N) is 1. The molecule has 1 atom stereocenters. The molecule has 0 fully saturated rings. The van der Waals surface area contributed by atoms with E-state index in [1.807, 2.05) is 24.3 Å². The van der Waals surface area contributed by atoms with Crippen molar-refractivity contribution >= 4 is 23.0 Å². The first kappa shape index (κ1) is 11.0. The van der Waals surface area contributed by atoms with Gasteiger partial charge >= 0.3 is 0 Å². The van der Waals surface area contributed by atoms with Crippen molar-refractivity contribution in [2.24, 2.45) is 0 Å². The lowest BCUT2D eigenvalue weighted by Gasteiger charge is -2.19. The maximum Gasteiger partial charge on any atom is 0.254 e. The van der Waals surface area contributed by atoms with Crippen molar-refractivity contribution in [3.05, 3.63) is 47.5 Å². The van der Waals surface area contributed by atoms with Crippen LogP contribution in [0.25, 0.3) is 0 Å². The second-order valence-electron chi connectivity index (χ2n) is 3.46. The van der Waals surface area contributed by atoms with Crippen LogP contribution in [0.4, 0.5) is 0 Å². The van der Waals surface area contributed by atoms with E-state index in [1.54, 1.807) is 12.2 Å². The molecule has 0 heterocycles. The highest BCUT2D eigenvalue weighted by Crippen LogP contribution is 2.27. The Bertz CT molecular complexity index is 468. The average molecular weight is 233 g/mol. The van der Waals surface area contributed by atoms with Gasteiger partial charge in [-0.2, -0.15) is 0 Å². The van der Waals surface area contributed by atoms with Crippen LogP contribution in [0, 0.1) is 0 Å². The van der Waals surface area contributed by atoms with Gasteiger partial charge in [0.15, 0.2) is 0 Å². The van der Waals surface area contributed by atoms with Crippen LogP contribution < -0.4 is 5.48 Å². The zero-order valence-electron chi connectivity index (χ0n) is 8.77. The molecule has 2 rings (SSSR count). The highest BCUT2D eigenvalue weighted by atomic mass is 32.1. The third-order valence-electron chi connectivity index (χ3n) is 2.49. The van der Waals surface area contributed by atoms with Gasteiger partial charge in [0, 0.05) is 4.86 Å². The summed E-state index contributed by atoms with van der Waals surface area (Å²) in [7, 11) is 1.42. The third kappa shape index (κ3) is 1.89. The second-order valence-corrected chi connectivity index (χ2v) is 3.90. The van der Waals surface area contributed by atoms with Gasteiger partial charge in [0.1, 0.15) is 0 Å². The minimum Gasteiger partial charge on any atom is -0.277 e. The molecule has 0 bridgehead atoms. The molecule has 0 saturated carbocycles. The van der Waals surface area contributed by atoms with Gasteiger partial charge in [0.05, 0.1) is 13.0 Å². The summed E-state index contributed by atoms with van der Waals surface area (Å²) < 4.78 is 0. The summed E-state index contributed by atoms with van der Waals surface area (Å²) in [5, 5.41) is 0. The maximum absolute atomic E-state index is 11.7. The van der Waals surface area contributed by atoms with E-state index in [1.165, 1.54) is 7.11 Å². The first-order chi connectivity index (χ1) is 7.74. The Hall–Kier alpha value is -1.52. The van der Waals surface area contributed by atoms with Crippen molar-refractivity contribution < 1.29 is 9.63 Å². The minimum atomic E-state index is -0.331. The quantitative estimate of drug-likeness (QED) is 0.624. The Balaban J connectivity index is 2.39. The van der Waals surface area contributed by atoms with Crippen LogP contribution in [0.1, 0.15) is 17.0 Å². The van der Waals surface area contributed by atoms with Crippen molar-refractivity contribution in [1.82, 2.24) is 5.48 Å². The number of fused-ring (bicyclic) bond motifs is 1. The molecule has 0 spiro atoms. The summed E-state index contributed by atoms with van der Waals surface area (Å²) in [5.74, 6) is -0.517. The van der Waals surface area contributed by atoms with Crippen LogP contribution in [0.2, 0.25) is 0 Å². The molecule has 0 aliphatic heterocycles. The molecule has 3 nitrogen and oxygen atoms in total. The predicted molar refractivity (Wildman–Crippen MR) is 65.2 cm³/mol. The molecule has 0 aromatic heterocycles. The standard InChI is InChI=1S/C12H11NO2S/c1-15-13-12(14)10-6-7-11(16)9-5-3-2-4-8(9)10/h2-7,10H,1H3,(H,13,14). The van der Waals surface area contributed by atoms with Gasteiger partial charge in [-0.05, 0) is 17.2 Å². The summed E-state index contributed by atoms with van der Waals surface area (Å²) in [6.07, 6.45) is 3.58. The summed E-state index contributed by atoms with van der Waals surface area (Å²) in [4.78, 5) is 17.1. The molecular weight excluding hydrogens is 222 g/mol. The van der Waals surface area contributed by atoms with Crippen molar-refractivity contribution in [3.8, 4) is 0 Å². The molecule has 1 aromatic carbocycles. The van der Waals surface area contributed by atoms with Gasteiger partial charge in [-0.3, -0.25) is 9.63 Å². The SMILES string of the molecule is CONC(=O)C1C=CC(=S)c2ccccc21. The lowest BCUT2D eigenvalue weighted by molar-refractivity contribution is -0.131. The van der Waals surface area contributed by atoms with E-state index in [0.29, 0.717) is 0 Å². The van der Waals surface area contributed by atoms with E-state index in [2.05, 4.69) is 10.3 Å². The van der Waals surface area contributed by atoms with Crippen molar-refractivity contribution in [2.75, 3.05) is 7.11 Å². The highest BCUT2D eigenvalue weighted by molar-refractivity contribution is 7.81. The molecule has 0 saturated heterocycles. The van der Waals surface area contributed by atoms with Gasteiger partial charge < -0.3 is 0 Å². The molecule has 1 aromatic rings. The van der Waals surface area contributed by atoms with E-state index >= 15 is 0 Å². The molecule has 16 heavy (non-hydrogen) atoms. The number of thiocarbonyl (C=S) groups is 1. The third-order valence-corrected chi connectivity index (χ3v) is 2.84. The summed E-state index contributed by atoms with van der Waals surface area (Å²) in [6, 6.07) is 7.64. The monoisotopic (exact) mass is 233 g/mol. The lowest BCUT2D eigenvalue weighted by Crippen LogP contribution is -2.29. The van der Waals surface area contributed by atoms with Crippen molar-refractivity contribution in [1.29, 1.82) is 0 Å². The Morgan fingerprint density at radius 1 is 1.44 bits per heavy atom. The average Bonchev–Trinajstić information content (AvgIpc) is 2.30. The van der Waals surface area contributed by atoms with Gasteiger partial charge in [0.25, 0.3) is 5.91 Å². The molecular formula is C12H11NO2S. The van der Waals surface area contributed by atoms with Crippen molar-refractivity contribution in [2.45, 2.75) is 5.92 Å². The first-order valence-electron chi connectivity index (χ1n) is 4.88. The first-order valence-corrected chi connectivity index (χ1v) is 5.29. The fraction of sp³-hybridized carbons (Fsp3) is 0.167. The fourth-order valence-corrected chi connectivity index (χ4v) is 2.03. The van der Waals surface area contributed by atoms with Crippen LogP contribution in [-0.4, -0.2) is 17.9 Å². The van der Waals surface area contributed by atoms with Gasteiger partial charge in [-0.25, -0.2) is 5.48 Å². The maximum atomic E-state index is 11.7. The molecule has 1 unspecified atom stereocenters. The smallest absolute Gasteiger partial charge is 0.254 e. The molecule has 4 heteroatoms. The van der Waals surface area contributed by atoms with Crippen LogP contribution in [0.15, 0.2) is 36.4 Å².